The largest absolute Gasteiger partial charge is 0.376 e. The molecule has 4 nitrogen and oxygen atoms in total. The van der Waals surface area contributed by atoms with Crippen molar-refractivity contribution in [2.75, 3.05) is 18.1 Å². The molecule has 3 aromatic rings. The standard InChI is InChI=1S/C19H18Cl2N2O2S2/c1-10-5-6-14-16(11(10)2)22-19(26-14)23(9-12-4-3-7-25-12)18(24)13-8-15(20)27-17(13)21/h5-6,8,12H,3-4,7,9H2,1-2H3/t12-/m1/s1. The summed E-state index contributed by atoms with van der Waals surface area (Å²) in [6, 6.07) is 5.77. The Balaban J connectivity index is 1.76. The Morgan fingerprint density at radius 2 is 2.15 bits per heavy atom. The normalized spacial score (nSPS) is 17.0. The number of benzene rings is 1. The second kappa shape index (κ2) is 7.68. The van der Waals surface area contributed by atoms with E-state index >= 15 is 0 Å². The van der Waals surface area contributed by atoms with Crippen molar-refractivity contribution in [3.63, 3.8) is 0 Å². The lowest BCUT2D eigenvalue weighted by atomic mass is 10.1. The van der Waals surface area contributed by atoms with Gasteiger partial charge in [0.2, 0.25) is 0 Å². The van der Waals surface area contributed by atoms with Crippen molar-refractivity contribution in [1.29, 1.82) is 0 Å². The Kier molecular flexibility index (Phi) is 5.45. The lowest BCUT2D eigenvalue weighted by Gasteiger charge is -2.22. The molecule has 1 atom stereocenters. The fourth-order valence-electron chi connectivity index (χ4n) is 3.20. The highest BCUT2D eigenvalue weighted by Gasteiger charge is 2.29. The van der Waals surface area contributed by atoms with Crippen LogP contribution in [0.4, 0.5) is 5.13 Å². The van der Waals surface area contributed by atoms with E-state index in [4.69, 9.17) is 32.9 Å². The van der Waals surface area contributed by atoms with Gasteiger partial charge >= 0.3 is 0 Å². The summed E-state index contributed by atoms with van der Waals surface area (Å²) in [6.45, 7) is 5.31. The molecule has 0 unspecified atom stereocenters. The molecule has 0 N–H and O–H groups in total. The second-order valence-electron chi connectivity index (χ2n) is 6.64. The topological polar surface area (TPSA) is 42.4 Å². The number of halogens is 2. The van der Waals surface area contributed by atoms with Crippen LogP contribution in [0, 0.1) is 13.8 Å². The highest BCUT2D eigenvalue weighted by molar-refractivity contribution is 7.22. The number of hydrogen-bond acceptors (Lipinski definition) is 5. The molecule has 1 aromatic carbocycles. The maximum atomic E-state index is 13.3. The number of hydrogen-bond donors (Lipinski definition) is 0. The van der Waals surface area contributed by atoms with E-state index in [9.17, 15) is 4.79 Å². The molecule has 3 heterocycles. The Morgan fingerprint density at radius 1 is 1.33 bits per heavy atom. The Hall–Kier alpha value is -1.18. The SMILES string of the molecule is Cc1ccc2sc(N(C[C@H]3CCCO3)C(=O)c3cc(Cl)sc3Cl)nc2c1C. The maximum absolute atomic E-state index is 13.3. The van der Waals surface area contributed by atoms with Crippen molar-refractivity contribution < 1.29 is 9.53 Å². The van der Waals surface area contributed by atoms with E-state index in [2.05, 4.69) is 26.0 Å². The van der Waals surface area contributed by atoms with E-state index in [1.807, 2.05) is 0 Å². The van der Waals surface area contributed by atoms with Gasteiger partial charge in [-0.2, -0.15) is 0 Å². The van der Waals surface area contributed by atoms with Gasteiger partial charge < -0.3 is 4.74 Å². The third kappa shape index (κ3) is 3.74. The number of nitrogens with zero attached hydrogens (tertiary/aromatic N) is 2. The second-order valence-corrected chi connectivity index (χ2v) is 9.93. The first kappa shape index (κ1) is 19.2. The number of thiophene rings is 1. The first-order chi connectivity index (χ1) is 12.9. The molecule has 27 heavy (non-hydrogen) atoms. The van der Waals surface area contributed by atoms with Crippen LogP contribution >= 0.6 is 45.9 Å². The highest BCUT2D eigenvalue weighted by Crippen LogP contribution is 2.36. The van der Waals surface area contributed by atoms with Crippen molar-refractivity contribution in [2.45, 2.75) is 32.8 Å². The van der Waals surface area contributed by atoms with Crippen LogP contribution in [0.5, 0.6) is 0 Å². The number of aryl methyl sites for hydroxylation is 2. The molecule has 1 aliphatic heterocycles. The number of thiazole rings is 1. The number of ether oxygens (including phenoxy) is 1. The first-order valence-corrected chi connectivity index (χ1v) is 11.1. The third-order valence-corrected chi connectivity index (χ3v) is 7.38. The molecule has 0 aliphatic carbocycles. The number of aromatic nitrogens is 1. The number of carbonyl (C=O) groups is 1. The predicted molar refractivity (Wildman–Crippen MR) is 114 cm³/mol. The molecule has 1 saturated heterocycles. The molecule has 1 aliphatic rings. The number of fused-ring (bicyclic) bond motifs is 1. The number of rotatable bonds is 4. The molecule has 2 aromatic heterocycles. The molecular weight excluding hydrogens is 423 g/mol. The quantitative estimate of drug-likeness (QED) is 0.491. The van der Waals surface area contributed by atoms with Crippen LogP contribution in [-0.4, -0.2) is 30.1 Å². The van der Waals surface area contributed by atoms with E-state index < -0.39 is 0 Å². The van der Waals surface area contributed by atoms with Crippen LogP contribution in [0.1, 0.15) is 34.3 Å². The van der Waals surface area contributed by atoms with Gasteiger partial charge in [0.25, 0.3) is 5.91 Å². The molecule has 4 rings (SSSR count). The van der Waals surface area contributed by atoms with Gasteiger partial charge in [0.05, 0.1) is 32.8 Å². The van der Waals surface area contributed by atoms with Crippen LogP contribution in [0.15, 0.2) is 18.2 Å². The van der Waals surface area contributed by atoms with E-state index in [0.717, 1.165) is 35.2 Å². The Labute approximate surface area is 175 Å². The molecular formula is C19H18Cl2N2O2S2. The minimum absolute atomic E-state index is 0.0108. The van der Waals surface area contributed by atoms with E-state index in [-0.39, 0.29) is 12.0 Å². The molecule has 1 amide bonds. The van der Waals surface area contributed by atoms with E-state index in [1.54, 1.807) is 11.0 Å². The van der Waals surface area contributed by atoms with Crippen LogP contribution < -0.4 is 4.90 Å². The summed E-state index contributed by atoms with van der Waals surface area (Å²) in [5.74, 6) is -0.188. The van der Waals surface area contributed by atoms with Crippen LogP contribution in [0.25, 0.3) is 10.2 Å². The summed E-state index contributed by atoms with van der Waals surface area (Å²) < 4.78 is 7.73. The summed E-state index contributed by atoms with van der Waals surface area (Å²) >= 11 is 15.0. The van der Waals surface area contributed by atoms with Crippen molar-refractivity contribution in [3.05, 3.63) is 43.6 Å². The minimum Gasteiger partial charge on any atom is -0.376 e. The zero-order valence-corrected chi connectivity index (χ0v) is 18.1. The Bertz CT molecular complexity index is 1010. The molecule has 142 valence electrons. The van der Waals surface area contributed by atoms with Gasteiger partial charge in [0, 0.05) is 6.61 Å². The van der Waals surface area contributed by atoms with Crippen LogP contribution in [0.3, 0.4) is 0 Å². The van der Waals surface area contributed by atoms with Gasteiger partial charge in [-0.25, -0.2) is 4.98 Å². The molecule has 8 heteroatoms. The highest BCUT2D eigenvalue weighted by atomic mass is 35.5. The van der Waals surface area contributed by atoms with Crippen molar-refractivity contribution >= 4 is 67.1 Å². The summed E-state index contributed by atoms with van der Waals surface area (Å²) in [7, 11) is 0. The zero-order valence-electron chi connectivity index (χ0n) is 14.9. The first-order valence-electron chi connectivity index (χ1n) is 8.69. The number of carbonyl (C=O) groups excluding carboxylic acids is 1. The summed E-state index contributed by atoms with van der Waals surface area (Å²) in [6.07, 6.45) is 1.96. The number of anilines is 1. The third-order valence-electron chi connectivity index (χ3n) is 4.85. The van der Waals surface area contributed by atoms with Crippen molar-refractivity contribution in [1.82, 2.24) is 4.98 Å². The Morgan fingerprint density at radius 3 is 2.81 bits per heavy atom. The van der Waals surface area contributed by atoms with E-state index in [1.165, 1.54) is 28.2 Å². The smallest absolute Gasteiger partial charge is 0.262 e. The van der Waals surface area contributed by atoms with Crippen LogP contribution in [0.2, 0.25) is 8.67 Å². The monoisotopic (exact) mass is 440 g/mol. The fourth-order valence-corrected chi connectivity index (χ4v) is 5.68. The van der Waals surface area contributed by atoms with Crippen molar-refractivity contribution in [2.24, 2.45) is 0 Å². The van der Waals surface area contributed by atoms with E-state index in [0.29, 0.717) is 25.9 Å². The summed E-state index contributed by atoms with van der Waals surface area (Å²) in [5, 5.41) is 0.664. The van der Waals surface area contributed by atoms with Gasteiger partial charge in [-0.15, -0.1) is 11.3 Å². The zero-order chi connectivity index (χ0) is 19.1. The average molecular weight is 441 g/mol. The van der Waals surface area contributed by atoms with Gasteiger partial charge in [-0.1, -0.05) is 40.6 Å². The molecule has 0 saturated carbocycles. The molecule has 0 spiro atoms. The predicted octanol–water partition coefficient (Wildman–Crippen LogP) is 6.11. The minimum atomic E-state index is -0.188. The number of amides is 1. The van der Waals surface area contributed by atoms with Crippen molar-refractivity contribution in [3.8, 4) is 0 Å². The molecule has 1 fully saturated rings. The molecule has 0 bridgehead atoms. The van der Waals surface area contributed by atoms with Gasteiger partial charge in [0.15, 0.2) is 5.13 Å². The van der Waals surface area contributed by atoms with Gasteiger partial charge in [0.1, 0.15) is 4.34 Å². The van der Waals surface area contributed by atoms with Gasteiger partial charge in [-0.05, 0) is 49.9 Å². The lowest BCUT2D eigenvalue weighted by Crippen LogP contribution is -2.37. The average Bonchev–Trinajstić information content (AvgIpc) is 3.35. The maximum Gasteiger partial charge on any atom is 0.262 e. The molecule has 0 radical (unpaired) electrons. The van der Waals surface area contributed by atoms with Gasteiger partial charge in [-0.3, -0.25) is 9.69 Å². The summed E-state index contributed by atoms with van der Waals surface area (Å²) in [5.41, 5.74) is 3.67. The fraction of sp³-hybridized carbons (Fsp3) is 0.368. The summed E-state index contributed by atoms with van der Waals surface area (Å²) in [4.78, 5) is 19.8. The van der Waals surface area contributed by atoms with Crippen LogP contribution in [-0.2, 0) is 4.74 Å². The lowest BCUT2D eigenvalue weighted by molar-refractivity contribution is 0.0918.